The Balaban J connectivity index is 2.27. The van der Waals surface area contributed by atoms with Gasteiger partial charge < -0.3 is 10.0 Å². The molecule has 1 aromatic carbocycles. The average Bonchev–Trinajstić information content (AvgIpc) is 2.45. The van der Waals surface area contributed by atoms with Gasteiger partial charge in [0.05, 0.1) is 6.04 Å². The SMILES string of the molecule is CN(C)[C@H]1C[C@@H](c2cccc(Cl)c2)CC[C@@H]1N(C(=O)O)C(C)(C)C. The zero-order valence-corrected chi connectivity index (χ0v) is 16.0. The molecule has 0 radical (unpaired) electrons. The van der Waals surface area contributed by atoms with E-state index in [2.05, 4.69) is 11.0 Å². The number of rotatable bonds is 3. The van der Waals surface area contributed by atoms with E-state index in [0.29, 0.717) is 5.92 Å². The number of amides is 1. The van der Waals surface area contributed by atoms with Crippen LogP contribution in [0.1, 0.15) is 51.5 Å². The smallest absolute Gasteiger partial charge is 0.408 e. The maximum atomic E-state index is 11.9. The van der Waals surface area contributed by atoms with Crippen molar-refractivity contribution in [2.45, 2.75) is 63.6 Å². The standard InChI is InChI=1S/C19H29ClN2O2/c1-19(2,3)22(18(23)24)16-10-9-14(12-17(16)21(4)5)13-7-6-8-15(20)11-13/h6-8,11,14,16-17H,9-10,12H2,1-5H3,(H,23,24)/t14-,16-,17-/m0/s1. The van der Waals surface area contributed by atoms with E-state index in [1.165, 1.54) is 5.56 Å². The van der Waals surface area contributed by atoms with Gasteiger partial charge in [0.1, 0.15) is 0 Å². The molecule has 0 spiro atoms. The van der Waals surface area contributed by atoms with Gasteiger partial charge in [-0.3, -0.25) is 4.90 Å². The van der Waals surface area contributed by atoms with Crippen molar-refractivity contribution in [2.75, 3.05) is 14.1 Å². The molecule has 24 heavy (non-hydrogen) atoms. The van der Waals surface area contributed by atoms with Gasteiger partial charge in [-0.1, -0.05) is 23.7 Å². The minimum atomic E-state index is -0.833. The lowest BCUT2D eigenvalue weighted by Crippen LogP contribution is -2.59. The third-order valence-electron chi connectivity index (χ3n) is 5.02. The number of halogens is 1. The van der Waals surface area contributed by atoms with Gasteiger partial charge >= 0.3 is 6.09 Å². The molecule has 3 atom stereocenters. The van der Waals surface area contributed by atoms with E-state index in [-0.39, 0.29) is 12.1 Å². The first-order valence-electron chi connectivity index (χ1n) is 8.55. The van der Waals surface area contributed by atoms with Crippen LogP contribution < -0.4 is 0 Å². The predicted molar refractivity (Wildman–Crippen MR) is 98.9 cm³/mol. The van der Waals surface area contributed by atoms with Crippen molar-refractivity contribution >= 4 is 17.7 Å². The van der Waals surface area contributed by atoms with Gasteiger partial charge in [-0.2, -0.15) is 0 Å². The third-order valence-corrected chi connectivity index (χ3v) is 5.26. The second-order valence-corrected chi connectivity index (χ2v) is 8.42. The summed E-state index contributed by atoms with van der Waals surface area (Å²) in [5.41, 5.74) is 0.846. The van der Waals surface area contributed by atoms with Crippen molar-refractivity contribution < 1.29 is 9.90 Å². The monoisotopic (exact) mass is 352 g/mol. The van der Waals surface area contributed by atoms with Crippen LogP contribution in [0.4, 0.5) is 4.79 Å². The zero-order chi connectivity index (χ0) is 18.1. The molecule has 1 saturated carbocycles. The highest BCUT2D eigenvalue weighted by atomic mass is 35.5. The molecule has 1 fully saturated rings. The van der Waals surface area contributed by atoms with Gasteiger partial charge in [-0.25, -0.2) is 4.79 Å². The molecule has 4 nitrogen and oxygen atoms in total. The van der Waals surface area contributed by atoms with E-state index in [1.807, 2.05) is 53.1 Å². The summed E-state index contributed by atoms with van der Waals surface area (Å²) in [5, 5.41) is 10.5. The molecule has 1 N–H and O–H groups in total. The second kappa shape index (κ2) is 7.32. The van der Waals surface area contributed by atoms with Crippen LogP contribution >= 0.6 is 11.6 Å². The van der Waals surface area contributed by atoms with E-state index in [0.717, 1.165) is 24.3 Å². The summed E-state index contributed by atoms with van der Waals surface area (Å²) in [7, 11) is 4.08. The number of hydrogen-bond acceptors (Lipinski definition) is 2. The van der Waals surface area contributed by atoms with Crippen LogP contribution in [0.15, 0.2) is 24.3 Å². The van der Waals surface area contributed by atoms with Crippen molar-refractivity contribution in [3.8, 4) is 0 Å². The molecule has 0 saturated heterocycles. The first kappa shape index (κ1) is 19.1. The van der Waals surface area contributed by atoms with Crippen LogP contribution in [0, 0.1) is 0 Å². The molecular weight excluding hydrogens is 324 g/mol. The quantitative estimate of drug-likeness (QED) is 0.858. The fourth-order valence-corrected chi connectivity index (χ4v) is 4.18. The Hall–Kier alpha value is -1.26. The Morgan fingerprint density at radius 1 is 1.21 bits per heavy atom. The summed E-state index contributed by atoms with van der Waals surface area (Å²) in [4.78, 5) is 15.7. The van der Waals surface area contributed by atoms with Crippen LogP contribution in [0.3, 0.4) is 0 Å². The molecule has 0 bridgehead atoms. The highest BCUT2D eigenvalue weighted by Gasteiger charge is 2.42. The first-order valence-corrected chi connectivity index (χ1v) is 8.93. The molecule has 0 aliphatic heterocycles. The van der Waals surface area contributed by atoms with Crippen molar-refractivity contribution in [3.05, 3.63) is 34.9 Å². The molecule has 1 aliphatic carbocycles. The van der Waals surface area contributed by atoms with Crippen LogP contribution in [0.5, 0.6) is 0 Å². The molecule has 5 heteroatoms. The van der Waals surface area contributed by atoms with Crippen molar-refractivity contribution in [1.82, 2.24) is 9.80 Å². The molecule has 1 aromatic rings. The zero-order valence-electron chi connectivity index (χ0n) is 15.3. The molecule has 1 aliphatic rings. The molecular formula is C19H29ClN2O2. The van der Waals surface area contributed by atoms with Crippen molar-refractivity contribution in [2.24, 2.45) is 0 Å². The Kier molecular flexibility index (Phi) is 5.82. The maximum Gasteiger partial charge on any atom is 0.408 e. The Labute approximate surface area is 150 Å². The Morgan fingerprint density at radius 3 is 2.38 bits per heavy atom. The minimum absolute atomic E-state index is 0.00735. The van der Waals surface area contributed by atoms with Crippen LogP contribution in [0.25, 0.3) is 0 Å². The highest BCUT2D eigenvalue weighted by Crippen LogP contribution is 2.39. The third kappa shape index (κ3) is 4.22. The lowest BCUT2D eigenvalue weighted by Gasteiger charge is -2.48. The Bertz CT molecular complexity index is 583. The largest absolute Gasteiger partial charge is 0.465 e. The van der Waals surface area contributed by atoms with Crippen LogP contribution in [0.2, 0.25) is 5.02 Å². The highest BCUT2D eigenvalue weighted by molar-refractivity contribution is 6.30. The van der Waals surface area contributed by atoms with Gasteiger partial charge in [0.25, 0.3) is 0 Å². The summed E-state index contributed by atoms with van der Waals surface area (Å²) in [6, 6.07) is 8.25. The second-order valence-electron chi connectivity index (χ2n) is 7.99. The molecule has 1 amide bonds. The summed E-state index contributed by atoms with van der Waals surface area (Å²) in [6.07, 6.45) is 1.96. The van der Waals surface area contributed by atoms with E-state index in [9.17, 15) is 9.90 Å². The summed E-state index contributed by atoms with van der Waals surface area (Å²) in [5.74, 6) is 0.419. The first-order chi connectivity index (χ1) is 11.1. The fraction of sp³-hybridized carbons (Fsp3) is 0.632. The van der Waals surface area contributed by atoms with Gasteiger partial charge in [-0.05, 0) is 77.7 Å². The predicted octanol–water partition coefficient (Wildman–Crippen LogP) is 4.68. The topological polar surface area (TPSA) is 43.8 Å². The van der Waals surface area contributed by atoms with Gasteiger partial charge in [0, 0.05) is 16.6 Å². The van der Waals surface area contributed by atoms with E-state index < -0.39 is 11.6 Å². The Morgan fingerprint density at radius 2 is 1.88 bits per heavy atom. The molecule has 2 rings (SSSR count). The van der Waals surface area contributed by atoms with Gasteiger partial charge in [-0.15, -0.1) is 0 Å². The van der Waals surface area contributed by atoms with E-state index in [1.54, 1.807) is 4.90 Å². The van der Waals surface area contributed by atoms with Crippen LogP contribution in [-0.4, -0.2) is 52.7 Å². The summed E-state index contributed by atoms with van der Waals surface area (Å²) >= 11 is 6.15. The number of benzene rings is 1. The molecule has 0 aromatic heterocycles. The molecule has 0 unspecified atom stereocenters. The number of hydrogen-bond donors (Lipinski definition) is 1. The van der Waals surface area contributed by atoms with E-state index in [4.69, 9.17) is 11.6 Å². The van der Waals surface area contributed by atoms with E-state index >= 15 is 0 Å². The molecule has 0 heterocycles. The lowest BCUT2D eigenvalue weighted by atomic mass is 9.77. The number of carboxylic acid groups (broad SMARTS) is 1. The lowest BCUT2D eigenvalue weighted by molar-refractivity contribution is 0.0169. The minimum Gasteiger partial charge on any atom is -0.465 e. The van der Waals surface area contributed by atoms with Crippen LogP contribution in [-0.2, 0) is 0 Å². The maximum absolute atomic E-state index is 11.9. The fourth-order valence-electron chi connectivity index (χ4n) is 3.98. The molecule has 134 valence electrons. The van der Waals surface area contributed by atoms with Crippen molar-refractivity contribution in [1.29, 1.82) is 0 Å². The van der Waals surface area contributed by atoms with Crippen molar-refractivity contribution in [3.63, 3.8) is 0 Å². The number of nitrogens with zero attached hydrogens (tertiary/aromatic N) is 2. The summed E-state index contributed by atoms with van der Waals surface area (Å²) in [6.45, 7) is 5.91. The van der Waals surface area contributed by atoms with Gasteiger partial charge in [0.15, 0.2) is 0 Å². The number of likely N-dealkylation sites (N-methyl/N-ethyl adjacent to an activating group) is 1. The normalized spacial score (nSPS) is 24.9. The number of carbonyl (C=O) groups is 1. The summed E-state index contributed by atoms with van der Waals surface area (Å²) < 4.78 is 0. The van der Waals surface area contributed by atoms with Gasteiger partial charge in [0.2, 0.25) is 0 Å². The average molecular weight is 353 g/mol.